The minimum atomic E-state index is -0.157. The van der Waals surface area contributed by atoms with Crippen molar-refractivity contribution in [2.75, 3.05) is 0 Å². The summed E-state index contributed by atoms with van der Waals surface area (Å²) in [5.74, 6) is -0.157. The van der Waals surface area contributed by atoms with E-state index in [9.17, 15) is 4.79 Å². The van der Waals surface area contributed by atoms with E-state index in [0.717, 1.165) is 11.3 Å². The van der Waals surface area contributed by atoms with Crippen LogP contribution in [0.15, 0.2) is 29.1 Å². The molecule has 0 aliphatic carbocycles. The molecule has 0 bridgehead atoms. The van der Waals surface area contributed by atoms with Crippen LogP contribution in [0.2, 0.25) is 0 Å². The predicted molar refractivity (Wildman–Crippen MR) is 75.8 cm³/mol. The van der Waals surface area contributed by atoms with Gasteiger partial charge in [0, 0.05) is 24.5 Å². The minimum Gasteiger partial charge on any atom is -0.345 e. The molecule has 0 aliphatic rings. The maximum Gasteiger partial charge on any atom is 0.254 e. The van der Waals surface area contributed by atoms with Crippen molar-refractivity contribution < 1.29 is 4.79 Å². The van der Waals surface area contributed by atoms with Gasteiger partial charge in [0.2, 0.25) is 0 Å². The van der Waals surface area contributed by atoms with Crippen LogP contribution < -0.4 is 5.32 Å². The summed E-state index contributed by atoms with van der Waals surface area (Å²) in [6.45, 7) is 3.91. The highest BCUT2D eigenvalue weighted by Crippen LogP contribution is 2.18. The Bertz CT molecular complexity index is 608. The second kappa shape index (κ2) is 5.52. The first-order valence-electron chi connectivity index (χ1n) is 5.90. The van der Waals surface area contributed by atoms with Crippen molar-refractivity contribution in [2.45, 2.75) is 19.9 Å². The van der Waals surface area contributed by atoms with Gasteiger partial charge in [0.15, 0.2) is 0 Å². The van der Waals surface area contributed by atoms with Gasteiger partial charge in [-0.15, -0.1) is 0 Å². The molecule has 5 nitrogen and oxygen atoms in total. The number of nitrogens with zero attached hydrogens (tertiary/aromatic N) is 3. The number of halogens is 1. The molecule has 0 spiro atoms. The molecular formula is C13H15BrN4O. The van der Waals surface area contributed by atoms with Gasteiger partial charge in [-0.2, -0.15) is 5.10 Å². The zero-order chi connectivity index (χ0) is 14.0. The van der Waals surface area contributed by atoms with Gasteiger partial charge in [0.1, 0.15) is 4.60 Å². The second-order valence-electron chi connectivity index (χ2n) is 4.35. The average molecular weight is 323 g/mol. The summed E-state index contributed by atoms with van der Waals surface area (Å²) >= 11 is 3.27. The van der Waals surface area contributed by atoms with Crippen molar-refractivity contribution in [2.24, 2.45) is 7.05 Å². The third-order valence-corrected chi connectivity index (χ3v) is 3.72. The van der Waals surface area contributed by atoms with Crippen molar-refractivity contribution in [1.29, 1.82) is 0 Å². The van der Waals surface area contributed by atoms with Crippen LogP contribution in [0.5, 0.6) is 0 Å². The Morgan fingerprint density at radius 1 is 1.53 bits per heavy atom. The number of rotatable bonds is 3. The molecule has 0 aromatic carbocycles. The SMILES string of the molecule is Cc1c(C(C)NC(=O)c2cccnc2Br)cnn1C. The number of pyridine rings is 1. The van der Waals surface area contributed by atoms with Gasteiger partial charge in [-0.05, 0) is 41.9 Å². The quantitative estimate of drug-likeness (QED) is 0.882. The molecule has 100 valence electrons. The average Bonchev–Trinajstić information content (AvgIpc) is 2.70. The van der Waals surface area contributed by atoms with Crippen LogP contribution in [0, 0.1) is 6.92 Å². The molecule has 0 saturated carbocycles. The Balaban J connectivity index is 2.16. The Labute approximate surface area is 120 Å². The molecule has 1 amide bonds. The number of amides is 1. The summed E-state index contributed by atoms with van der Waals surface area (Å²) in [6, 6.07) is 3.36. The Morgan fingerprint density at radius 2 is 2.26 bits per heavy atom. The number of carbonyl (C=O) groups is 1. The molecule has 2 aromatic heterocycles. The Morgan fingerprint density at radius 3 is 2.84 bits per heavy atom. The van der Waals surface area contributed by atoms with Crippen molar-refractivity contribution in [1.82, 2.24) is 20.1 Å². The predicted octanol–water partition coefficient (Wildman–Crippen LogP) is 2.38. The van der Waals surface area contributed by atoms with Crippen molar-refractivity contribution in [3.8, 4) is 0 Å². The van der Waals surface area contributed by atoms with Crippen molar-refractivity contribution in [3.05, 3.63) is 46.0 Å². The standard InChI is InChI=1S/C13H15BrN4O/c1-8(11-7-16-18(3)9(11)2)17-13(19)10-5-4-6-15-12(10)14/h4-8H,1-3H3,(H,17,19). The monoisotopic (exact) mass is 322 g/mol. The van der Waals surface area contributed by atoms with Gasteiger partial charge in [-0.3, -0.25) is 9.48 Å². The first-order valence-corrected chi connectivity index (χ1v) is 6.70. The van der Waals surface area contributed by atoms with Crippen LogP contribution in [0.25, 0.3) is 0 Å². The lowest BCUT2D eigenvalue weighted by atomic mass is 10.1. The van der Waals surface area contributed by atoms with Crippen LogP contribution in [0.4, 0.5) is 0 Å². The van der Waals surface area contributed by atoms with Gasteiger partial charge in [0.05, 0.1) is 17.8 Å². The van der Waals surface area contributed by atoms with E-state index in [1.165, 1.54) is 0 Å². The van der Waals surface area contributed by atoms with Crippen LogP contribution >= 0.6 is 15.9 Å². The topological polar surface area (TPSA) is 59.8 Å². The molecule has 2 heterocycles. The molecule has 2 rings (SSSR count). The first-order chi connectivity index (χ1) is 9.00. The molecule has 0 fully saturated rings. The summed E-state index contributed by atoms with van der Waals surface area (Å²) in [5.41, 5.74) is 2.57. The summed E-state index contributed by atoms with van der Waals surface area (Å²) in [7, 11) is 1.88. The fourth-order valence-corrected chi connectivity index (χ4v) is 2.28. The molecule has 0 radical (unpaired) electrons. The van der Waals surface area contributed by atoms with E-state index < -0.39 is 0 Å². The van der Waals surface area contributed by atoms with E-state index in [-0.39, 0.29) is 11.9 Å². The summed E-state index contributed by atoms with van der Waals surface area (Å²) in [4.78, 5) is 16.2. The third kappa shape index (κ3) is 2.84. The van der Waals surface area contributed by atoms with E-state index in [4.69, 9.17) is 0 Å². The molecule has 1 unspecified atom stereocenters. The zero-order valence-corrected chi connectivity index (χ0v) is 12.6. The molecule has 0 saturated heterocycles. The van der Waals surface area contributed by atoms with Crippen LogP contribution in [-0.2, 0) is 7.05 Å². The lowest BCUT2D eigenvalue weighted by molar-refractivity contribution is 0.0938. The number of nitrogens with one attached hydrogen (secondary N) is 1. The molecule has 2 aromatic rings. The van der Waals surface area contributed by atoms with E-state index in [0.29, 0.717) is 10.2 Å². The van der Waals surface area contributed by atoms with Crippen molar-refractivity contribution >= 4 is 21.8 Å². The largest absolute Gasteiger partial charge is 0.345 e. The van der Waals surface area contributed by atoms with E-state index in [1.54, 1.807) is 29.2 Å². The van der Waals surface area contributed by atoms with E-state index >= 15 is 0 Å². The second-order valence-corrected chi connectivity index (χ2v) is 5.10. The highest BCUT2D eigenvalue weighted by Gasteiger charge is 2.17. The summed E-state index contributed by atoms with van der Waals surface area (Å²) in [6.07, 6.45) is 3.41. The summed E-state index contributed by atoms with van der Waals surface area (Å²) in [5, 5.41) is 7.12. The van der Waals surface area contributed by atoms with Gasteiger partial charge in [-0.1, -0.05) is 0 Å². The highest BCUT2D eigenvalue weighted by molar-refractivity contribution is 9.10. The van der Waals surface area contributed by atoms with E-state index in [2.05, 4.69) is 31.3 Å². The van der Waals surface area contributed by atoms with E-state index in [1.807, 2.05) is 20.9 Å². The van der Waals surface area contributed by atoms with Gasteiger partial charge in [-0.25, -0.2) is 4.98 Å². The van der Waals surface area contributed by atoms with Crippen LogP contribution in [0.3, 0.4) is 0 Å². The first kappa shape index (κ1) is 13.7. The van der Waals surface area contributed by atoms with Gasteiger partial charge >= 0.3 is 0 Å². The smallest absolute Gasteiger partial charge is 0.254 e. The highest BCUT2D eigenvalue weighted by atomic mass is 79.9. The lowest BCUT2D eigenvalue weighted by Crippen LogP contribution is -2.27. The fraction of sp³-hybridized carbons (Fsp3) is 0.308. The number of carbonyl (C=O) groups excluding carboxylic acids is 1. The molecule has 0 aliphatic heterocycles. The summed E-state index contributed by atoms with van der Waals surface area (Å²) < 4.78 is 2.33. The number of hydrogen-bond acceptors (Lipinski definition) is 3. The van der Waals surface area contributed by atoms with Gasteiger partial charge in [0.25, 0.3) is 5.91 Å². The fourth-order valence-electron chi connectivity index (χ4n) is 1.85. The lowest BCUT2D eigenvalue weighted by Gasteiger charge is -2.14. The molecule has 6 heteroatoms. The maximum atomic E-state index is 12.2. The Kier molecular flexibility index (Phi) is 3.99. The molecule has 1 N–H and O–H groups in total. The van der Waals surface area contributed by atoms with Crippen LogP contribution in [-0.4, -0.2) is 20.7 Å². The minimum absolute atomic E-state index is 0.103. The molecule has 19 heavy (non-hydrogen) atoms. The normalized spacial score (nSPS) is 12.2. The third-order valence-electron chi connectivity index (χ3n) is 3.09. The Hall–Kier alpha value is -1.69. The number of hydrogen-bond donors (Lipinski definition) is 1. The molecule has 1 atom stereocenters. The zero-order valence-electron chi connectivity index (χ0n) is 11.0. The number of aromatic nitrogens is 3. The maximum absolute atomic E-state index is 12.2. The number of aryl methyl sites for hydroxylation is 1. The van der Waals surface area contributed by atoms with Gasteiger partial charge < -0.3 is 5.32 Å². The molecular weight excluding hydrogens is 308 g/mol. The van der Waals surface area contributed by atoms with Crippen molar-refractivity contribution in [3.63, 3.8) is 0 Å². The van der Waals surface area contributed by atoms with Crippen LogP contribution in [0.1, 0.15) is 34.6 Å².